The normalized spacial score (nSPS) is 10.9. The molecule has 4 N–H and O–H groups in total. The number of alkyl halides is 3. The van der Waals surface area contributed by atoms with Gasteiger partial charge in [-0.3, -0.25) is 10.3 Å². The van der Waals surface area contributed by atoms with Crippen molar-refractivity contribution >= 4 is 17.6 Å². The zero-order chi connectivity index (χ0) is 14.6. The SMILES string of the molecule is CN(C(=O)NCC(F)(F)F)c1ccccc1C(=N)N. The fraction of sp³-hybridized carbons (Fsp3) is 0.273. The van der Waals surface area contributed by atoms with Crippen LogP contribution in [0.25, 0.3) is 0 Å². The average Bonchev–Trinajstić information content (AvgIpc) is 2.34. The van der Waals surface area contributed by atoms with Crippen LogP contribution in [0.1, 0.15) is 5.56 Å². The minimum absolute atomic E-state index is 0.259. The summed E-state index contributed by atoms with van der Waals surface area (Å²) in [4.78, 5) is 12.5. The highest BCUT2D eigenvalue weighted by molar-refractivity contribution is 6.04. The predicted octanol–water partition coefficient (Wildman–Crippen LogP) is 1.68. The zero-order valence-electron chi connectivity index (χ0n) is 10.1. The van der Waals surface area contributed by atoms with Crippen LogP contribution in [0, 0.1) is 5.41 Å². The van der Waals surface area contributed by atoms with Gasteiger partial charge in [0, 0.05) is 12.6 Å². The lowest BCUT2D eigenvalue weighted by atomic mass is 10.1. The van der Waals surface area contributed by atoms with E-state index in [2.05, 4.69) is 0 Å². The summed E-state index contributed by atoms with van der Waals surface area (Å²) in [7, 11) is 1.30. The first-order valence-corrected chi connectivity index (χ1v) is 5.24. The number of urea groups is 1. The van der Waals surface area contributed by atoms with Crippen LogP contribution in [0.15, 0.2) is 24.3 Å². The minimum Gasteiger partial charge on any atom is -0.384 e. The van der Waals surface area contributed by atoms with Crippen molar-refractivity contribution < 1.29 is 18.0 Å². The van der Waals surface area contributed by atoms with Gasteiger partial charge < -0.3 is 11.1 Å². The first kappa shape index (κ1) is 14.8. The molecule has 1 aromatic rings. The van der Waals surface area contributed by atoms with Crippen LogP contribution in [0.4, 0.5) is 23.7 Å². The molecule has 0 radical (unpaired) electrons. The molecule has 1 rings (SSSR count). The highest BCUT2D eigenvalue weighted by atomic mass is 19.4. The van der Waals surface area contributed by atoms with Crippen molar-refractivity contribution in [2.45, 2.75) is 6.18 Å². The molecule has 0 saturated heterocycles. The molecule has 0 aliphatic heterocycles. The summed E-state index contributed by atoms with van der Waals surface area (Å²) in [5.41, 5.74) is 5.87. The van der Waals surface area contributed by atoms with Crippen LogP contribution in [0.3, 0.4) is 0 Å². The topological polar surface area (TPSA) is 82.2 Å². The minimum atomic E-state index is -4.48. The second-order valence-corrected chi connectivity index (χ2v) is 3.76. The molecule has 5 nitrogen and oxygen atoms in total. The maximum absolute atomic E-state index is 12.0. The van der Waals surface area contributed by atoms with Gasteiger partial charge in [-0.25, -0.2) is 4.79 Å². The monoisotopic (exact) mass is 274 g/mol. The van der Waals surface area contributed by atoms with E-state index in [0.29, 0.717) is 0 Å². The Hall–Kier alpha value is -2.25. The zero-order valence-corrected chi connectivity index (χ0v) is 10.1. The molecule has 0 saturated carbocycles. The van der Waals surface area contributed by atoms with E-state index >= 15 is 0 Å². The van der Waals surface area contributed by atoms with Gasteiger partial charge >= 0.3 is 12.2 Å². The summed E-state index contributed by atoms with van der Waals surface area (Å²) in [6, 6.07) is 5.28. The Kier molecular flexibility index (Phi) is 4.36. The molecule has 0 heterocycles. The third kappa shape index (κ3) is 4.16. The predicted molar refractivity (Wildman–Crippen MR) is 65.3 cm³/mol. The van der Waals surface area contributed by atoms with Crippen molar-refractivity contribution in [3.8, 4) is 0 Å². The van der Waals surface area contributed by atoms with Gasteiger partial charge in [-0.2, -0.15) is 13.2 Å². The molecular formula is C11H13F3N4O. The average molecular weight is 274 g/mol. The highest BCUT2D eigenvalue weighted by Gasteiger charge is 2.28. The summed E-state index contributed by atoms with van der Waals surface area (Å²) >= 11 is 0. The maximum atomic E-state index is 12.0. The molecule has 0 aliphatic rings. The number of hydrogen-bond acceptors (Lipinski definition) is 2. The van der Waals surface area contributed by atoms with Crippen LogP contribution in [0.5, 0.6) is 0 Å². The lowest BCUT2D eigenvalue weighted by Crippen LogP contribution is -2.42. The molecule has 0 bridgehead atoms. The summed E-state index contributed by atoms with van der Waals surface area (Å²) < 4.78 is 36.0. The van der Waals surface area contributed by atoms with E-state index in [9.17, 15) is 18.0 Å². The van der Waals surface area contributed by atoms with Crippen molar-refractivity contribution in [3.63, 3.8) is 0 Å². The number of hydrogen-bond donors (Lipinski definition) is 3. The Morgan fingerprint density at radius 3 is 2.53 bits per heavy atom. The Balaban J connectivity index is 2.86. The number of nitrogens with one attached hydrogen (secondary N) is 2. The number of nitrogen functional groups attached to an aromatic ring is 1. The maximum Gasteiger partial charge on any atom is 0.405 e. The van der Waals surface area contributed by atoms with Gasteiger partial charge in [0.15, 0.2) is 0 Å². The molecule has 0 unspecified atom stereocenters. The number of carbonyl (C=O) groups is 1. The van der Waals surface area contributed by atoms with Gasteiger partial charge in [-0.1, -0.05) is 12.1 Å². The fourth-order valence-electron chi connectivity index (χ4n) is 1.40. The first-order chi connectivity index (χ1) is 8.72. The number of nitrogens with two attached hydrogens (primary N) is 1. The van der Waals surface area contributed by atoms with Crippen LogP contribution < -0.4 is 16.0 Å². The summed E-state index contributed by atoms with van der Waals surface area (Å²) in [5, 5.41) is 9.09. The van der Waals surface area contributed by atoms with Crippen molar-refractivity contribution in [1.29, 1.82) is 5.41 Å². The number of halogens is 3. The largest absolute Gasteiger partial charge is 0.405 e. The number of anilines is 1. The van der Waals surface area contributed by atoms with E-state index in [0.717, 1.165) is 4.90 Å². The highest BCUT2D eigenvalue weighted by Crippen LogP contribution is 2.19. The molecule has 8 heteroatoms. The number of carbonyl (C=O) groups excluding carboxylic acids is 1. The van der Waals surface area contributed by atoms with Gasteiger partial charge in [-0.05, 0) is 12.1 Å². The Bertz CT molecular complexity index is 487. The third-order valence-corrected chi connectivity index (χ3v) is 2.30. The van der Waals surface area contributed by atoms with Gasteiger partial charge in [0.05, 0.1) is 5.69 Å². The smallest absolute Gasteiger partial charge is 0.384 e. The van der Waals surface area contributed by atoms with Gasteiger partial charge in [-0.15, -0.1) is 0 Å². The number of benzene rings is 1. The van der Waals surface area contributed by atoms with E-state index in [1.807, 2.05) is 0 Å². The van der Waals surface area contributed by atoms with Crippen molar-refractivity contribution in [2.75, 3.05) is 18.5 Å². The molecule has 0 spiro atoms. The quantitative estimate of drug-likeness (QED) is 0.579. The molecule has 2 amide bonds. The summed E-state index contributed by atoms with van der Waals surface area (Å²) in [6.07, 6.45) is -4.48. The lowest BCUT2D eigenvalue weighted by Gasteiger charge is -2.21. The van der Waals surface area contributed by atoms with E-state index in [1.165, 1.54) is 19.2 Å². The number of rotatable bonds is 3. The molecule has 0 fully saturated rings. The van der Waals surface area contributed by atoms with Crippen molar-refractivity contribution in [2.24, 2.45) is 5.73 Å². The van der Waals surface area contributed by atoms with Crippen LogP contribution in [-0.4, -0.2) is 31.6 Å². The van der Waals surface area contributed by atoms with Crippen LogP contribution in [-0.2, 0) is 0 Å². The number of amides is 2. The van der Waals surface area contributed by atoms with Crippen LogP contribution in [0.2, 0.25) is 0 Å². The van der Waals surface area contributed by atoms with Crippen molar-refractivity contribution in [3.05, 3.63) is 29.8 Å². The summed E-state index contributed by atoms with van der Waals surface area (Å²) in [5.74, 6) is -0.272. The third-order valence-electron chi connectivity index (χ3n) is 2.30. The molecule has 19 heavy (non-hydrogen) atoms. The second kappa shape index (κ2) is 5.59. The molecule has 0 atom stereocenters. The lowest BCUT2D eigenvalue weighted by molar-refractivity contribution is -0.122. The van der Waals surface area contributed by atoms with E-state index in [-0.39, 0.29) is 17.1 Å². The van der Waals surface area contributed by atoms with Crippen LogP contribution >= 0.6 is 0 Å². The molecule has 0 aliphatic carbocycles. The molecule has 104 valence electrons. The van der Waals surface area contributed by atoms with E-state index in [4.69, 9.17) is 11.1 Å². The first-order valence-electron chi connectivity index (χ1n) is 5.24. The molecule has 1 aromatic carbocycles. The Morgan fingerprint density at radius 1 is 1.42 bits per heavy atom. The molecule has 0 aromatic heterocycles. The Morgan fingerprint density at radius 2 is 2.00 bits per heavy atom. The number of para-hydroxylation sites is 1. The van der Waals surface area contributed by atoms with E-state index < -0.39 is 18.8 Å². The van der Waals surface area contributed by atoms with Gasteiger partial charge in [0.2, 0.25) is 0 Å². The fourth-order valence-corrected chi connectivity index (χ4v) is 1.40. The second-order valence-electron chi connectivity index (χ2n) is 3.76. The van der Waals surface area contributed by atoms with E-state index in [1.54, 1.807) is 17.4 Å². The standard InChI is InChI=1S/C11H13F3N4O/c1-18(10(19)17-6-11(12,13)14)8-5-3-2-4-7(8)9(15)16/h2-5H,6H2,1H3,(H3,15,16)(H,17,19). The number of amidine groups is 1. The van der Waals surface area contributed by atoms with Gasteiger partial charge in [0.1, 0.15) is 12.4 Å². The van der Waals surface area contributed by atoms with Gasteiger partial charge in [0.25, 0.3) is 0 Å². The number of nitrogens with zero attached hydrogens (tertiary/aromatic N) is 1. The van der Waals surface area contributed by atoms with Crippen molar-refractivity contribution in [1.82, 2.24) is 5.32 Å². The Labute approximate surface area is 107 Å². The summed E-state index contributed by atoms with van der Waals surface area (Å²) in [6.45, 7) is -1.42. The molecular weight excluding hydrogens is 261 g/mol.